The van der Waals surface area contributed by atoms with E-state index in [1.807, 2.05) is 0 Å². The second-order valence-corrected chi connectivity index (χ2v) is 8.98. The summed E-state index contributed by atoms with van der Waals surface area (Å²) in [5.41, 5.74) is 0.792. The first-order valence-electron chi connectivity index (χ1n) is 11.4. The lowest BCUT2D eigenvalue weighted by atomic mass is 10.1. The Kier molecular flexibility index (Phi) is 6.68. The van der Waals surface area contributed by atoms with E-state index in [0.29, 0.717) is 21.7 Å². The molecule has 2 aromatic heterocycles. The fourth-order valence-corrected chi connectivity index (χ4v) is 4.44. The van der Waals surface area contributed by atoms with E-state index in [2.05, 4.69) is 10.6 Å². The summed E-state index contributed by atoms with van der Waals surface area (Å²) in [6.45, 7) is 0.189. The van der Waals surface area contributed by atoms with Gasteiger partial charge in [0.25, 0.3) is 5.56 Å². The highest BCUT2D eigenvalue weighted by atomic mass is 35.5. The van der Waals surface area contributed by atoms with Crippen LogP contribution in [0.4, 0.5) is 20.6 Å². The minimum atomic E-state index is -0.887. The first kappa shape index (κ1) is 24.5. The molecule has 0 radical (unpaired) electrons. The molecule has 3 amide bonds. The predicted octanol–water partition coefficient (Wildman–Crippen LogP) is 4.64. The molecular formula is C26H22ClFN4O5. The molecule has 0 bridgehead atoms. The molecule has 2 N–H and O–H groups in total. The Labute approximate surface area is 215 Å². The molecule has 190 valence electrons. The van der Waals surface area contributed by atoms with Gasteiger partial charge in [0.05, 0.1) is 29.1 Å². The van der Waals surface area contributed by atoms with Crippen LogP contribution in [-0.2, 0) is 9.53 Å². The summed E-state index contributed by atoms with van der Waals surface area (Å²) in [4.78, 5) is 40.1. The second-order valence-electron chi connectivity index (χ2n) is 8.54. The number of nitrogens with zero attached hydrogens (tertiary/aromatic N) is 2. The number of furan rings is 1. The van der Waals surface area contributed by atoms with Gasteiger partial charge in [-0.25, -0.2) is 9.18 Å². The van der Waals surface area contributed by atoms with Gasteiger partial charge in [0.1, 0.15) is 17.4 Å². The van der Waals surface area contributed by atoms with Crippen LogP contribution in [0.5, 0.6) is 0 Å². The molecule has 37 heavy (non-hydrogen) atoms. The van der Waals surface area contributed by atoms with Crippen LogP contribution in [0.1, 0.15) is 6.42 Å². The Morgan fingerprint density at radius 2 is 1.89 bits per heavy atom. The van der Waals surface area contributed by atoms with Crippen molar-refractivity contribution in [2.24, 2.45) is 0 Å². The number of hydrogen-bond donors (Lipinski definition) is 2. The number of likely N-dealkylation sites (tertiary alicyclic amines) is 1. The molecule has 2 aromatic carbocycles. The minimum absolute atomic E-state index is 0.0786. The van der Waals surface area contributed by atoms with E-state index in [1.54, 1.807) is 36.4 Å². The number of carbonyl (C=O) groups excluding carboxylic acids is 2. The first-order chi connectivity index (χ1) is 17.8. The highest BCUT2D eigenvalue weighted by Gasteiger charge is 2.40. The lowest BCUT2D eigenvalue weighted by molar-refractivity contribution is -0.119. The van der Waals surface area contributed by atoms with Crippen LogP contribution in [0.2, 0.25) is 5.02 Å². The maximum atomic E-state index is 15.0. The van der Waals surface area contributed by atoms with Crippen LogP contribution in [0.15, 0.2) is 76.3 Å². The standard InChI is InChI=1S/C26H22ClFN4O5/c1-36-18-13-22(32(14-18)26(35)29-16-4-2-15(27)3-5-16)24(33)30-21-7-6-17(12-20(21)28)31-10-8-23-19(25(31)34)9-11-37-23/h2-12,18,22H,13-14H2,1H3,(H,29,35)(H,30,33)/t18-,22-/m1/s1. The Hall–Kier alpha value is -4.15. The summed E-state index contributed by atoms with van der Waals surface area (Å²) >= 11 is 5.89. The SMILES string of the molecule is CO[C@@H]1C[C@H](C(=O)Nc2ccc(-n3ccc4occc4c3=O)cc2F)N(C(=O)Nc2ccc(Cl)cc2)C1. The third kappa shape index (κ3) is 4.93. The zero-order valence-corrected chi connectivity index (χ0v) is 20.4. The van der Waals surface area contributed by atoms with Crippen LogP contribution in [0, 0.1) is 5.82 Å². The highest BCUT2D eigenvalue weighted by Crippen LogP contribution is 2.25. The van der Waals surface area contributed by atoms with Crippen LogP contribution >= 0.6 is 11.6 Å². The van der Waals surface area contributed by atoms with E-state index in [4.69, 9.17) is 20.8 Å². The van der Waals surface area contributed by atoms with Crippen molar-refractivity contribution in [3.8, 4) is 5.69 Å². The van der Waals surface area contributed by atoms with E-state index in [-0.39, 0.29) is 36.0 Å². The average molecular weight is 525 g/mol. The van der Waals surface area contributed by atoms with Crippen molar-refractivity contribution in [2.45, 2.75) is 18.6 Å². The molecule has 4 aromatic rings. The lowest BCUT2D eigenvalue weighted by Gasteiger charge is -2.24. The molecule has 5 rings (SSSR count). The molecule has 0 saturated carbocycles. The van der Waals surface area contributed by atoms with Gasteiger partial charge in [-0.3, -0.25) is 14.2 Å². The smallest absolute Gasteiger partial charge is 0.322 e. The van der Waals surface area contributed by atoms with Crippen LogP contribution < -0.4 is 16.2 Å². The average Bonchev–Trinajstić information content (AvgIpc) is 3.55. The summed E-state index contributed by atoms with van der Waals surface area (Å²) in [7, 11) is 1.50. The van der Waals surface area contributed by atoms with E-state index < -0.39 is 23.8 Å². The van der Waals surface area contributed by atoms with Gasteiger partial charge in [-0.15, -0.1) is 0 Å². The van der Waals surface area contributed by atoms with Crippen LogP contribution in [-0.4, -0.2) is 47.2 Å². The number of ether oxygens (including phenoxy) is 1. The fraction of sp³-hybridized carbons (Fsp3) is 0.192. The molecule has 9 nitrogen and oxygen atoms in total. The van der Waals surface area contributed by atoms with Gasteiger partial charge in [-0.05, 0) is 48.5 Å². The number of nitrogens with one attached hydrogen (secondary N) is 2. The van der Waals surface area contributed by atoms with E-state index in [1.165, 1.54) is 41.2 Å². The van der Waals surface area contributed by atoms with Gasteiger partial charge in [-0.2, -0.15) is 0 Å². The van der Waals surface area contributed by atoms with Crippen molar-refractivity contribution < 1.29 is 23.1 Å². The fourth-order valence-electron chi connectivity index (χ4n) is 4.31. The summed E-state index contributed by atoms with van der Waals surface area (Å²) in [5.74, 6) is -1.29. The highest BCUT2D eigenvalue weighted by molar-refractivity contribution is 6.30. The van der Waals surface area contributed by atoms with Crippen molar-refractivity contribution in [3.05, 3.63) is 88.3 Å². The third-order valence-corrected chi connectivity index (χ3v) is 6.52. The van der Waals surface area contributed by atoms with Crippen molar-refractivity contribution in [1.29, 1.82) is 0 Å². The predicted molar refractivity (Wildman–Crippen MR) is 137 cm³/mol. The Morgan fingerprint density at radius 1 is 1.11 bits per heavy atom. The number of amides is 3. The van der Waals surface area contributed by atoms with Gasteiger partial charge < -0.3 is 24.7 Å². The number of anilines is 2. The number of methoxy groups -OCH3 is 1. The molecule has 0 unspecified atom stereocenters. The summed E-state index contributed by atoms with van der Waals surface area (Å²) < 4.78 is 26.9. The maximum absolute atomic E-state index is 15.0. The van der Waals surface area contributed by atoms with Gasteiger partial charge >= 0.3 is 6.03 Å². The van der Waals surface area contributed by atoms with E-state index in [0.717, 1.165) is 6.07 Å². The van der Waals surface area contributed by atoms with Gasteiger partial charge in [-0.1, -0.05) is 11.6 Å². The van der Waals surface area contributed by atoms with E-state index in [9.17, 15) is 14.4 Å². The topological polar surface area (TPSA) is 106 Å². The van der Waals surface area contributed by atoms with Crippen molar-refractivity contribution >= 4 is 45.9 Å². The number of urea groups is 1. The largest absolute Gasteiger partial charge is 0.464 e. The Morgan fingerprint density at radius 3 is 2.62 bits per heavy atom. The second kappa shape index (κ2) is 10.1. The number of pyridine rings is 1. The van der Waals surface area contributed by atoms with E-state index >= 15 is 4.39 Å². The number of aromatic nitrogens is 1. The minimum Gasteiger partial charge on any atom is -0.464 e. The van der Waals surface area contributed by atoms with Crippen molar-refractivity contribution in [1.82, 2.24) is 9.47 Å². The Bertz CT molecular complexity index is 1530. The zero-order chi connectivity index (χ0) is 26.1. The molecule has 0 aliphatic carbocycles. The van der Waals surface area contributed by atoms with Gasteiger partial charge in [0.2, 0.25) is 5.91 Å². The molecule has 11 heteroatoms. The summed E-state index contributed by atoms with van der Waals surface area (Å²) in [6, 6.07) is 12.4. The Balaban J connectivity index is 1.33. The summed E-state index contributed by atoms with van der Waals surface area (Å²) in [6.07, 6.45) is 2.78. The maximum Gasteiger partial charge on any atom is 0.322 e. The lowest BCUT2D eigenvalue weighted by Crippen LogP contribution is -2.45. The van der Waals surface area contributed by atoms with Gasteiger partial charge in [0, 0.05) is 43.0 Å². The summed E-state index contributed by atoms with van der Waals surface area (Å²) in [5, 5.41) is 6.19. The monoisotopic (exact) mass is 524 g/mol. The number of fused-ring (bicyclic) bond motifs is 1. The molecule has 1 fully saturated rings. The molecule has 2 atom stereocenters. The molecule has 1 aliphatic heterocycles. The zero-order valence-electron chi connectivity index (χ0n) is 19.6. The first-order valence-corrected chi connectivity index (χ1v) is 11.8. The molecule has 0 spiro atoms. The number of carbonyl (C=O) groups is 2. The van der Waals surface area contributed by atoms with Crippen molar-refractivity contribution in [2.75, 3.05) is 24.3 Å². The number of rotatable bonds is 5. The molecular weight excluding hydrogens is 503 g/mol. The van der Waals surface area contributed by atoms with Crippen LogP contribution in [0.3, 0.4) is 0 Å². The number of halogens is 2. The number of benzene rings is 2. The number of hydrogen-bond acceptors (Lipinski definition) is 5. The van der Waals surface area contributed by atoms with Crippen molar-refractivity contribution in [3.63, 3.8) is 0 Å². The van der Waals surface area contributed by atoms with Crippen LogP contribution in [0.25, 0.3) is 16.7 Å². The van der Waals surface area contributed by atoms with Gasteiger partial charge in [0.15, 0.2) is 0 Å². The quantitative estimate of drug-likeness (QED) is 0.396. The normalized spacial score (nSPS) is 17.2. The molecule has 3 heterocycles. The molecule has 1 aliphatic rings. The third-order valence-electron chi connectivity index (χ3n) is 6.26. The molecule has 1 saturated heterocycles.